The molecule has 0 saturated carbocycles. The summed E-state index contributed by atoms with van der Waals surface area (Å²) in [5, 5.41) is 0.724. The van der Waals surface area contributed by atoms with Crippen LogP contribution in [0.15, 0.2) is 42.5 Å². The molecule has 3 aromatic rings. The lowest BCUT2D eigenvalue weighted by Gasteiger charge is -2.03. The van der Waals surface area contributed by atoms with Gasteiger partial charge in [0.1, 0.15) is 9.71 Å². The average Bonchev–Trinajstić information content (AvgIpc) is 2.89. The van der Waals surface area contributed by atoms with E-state index in [2.05, 4.69) is 4.98 Å². The van der Waals surface area contributed by atoms with Crippen LogP contribution in [-0.2, 0) is 4.74 Å². The number of nitrogens with zero attached hydrogens (tertiary/aromatic N) is 1. The van der Waals surface area contributed by atoms with Gasteiger partial charge in [-0.15, -0.1) is 11.3 Å². The van der Waals surface area contributed by atoms with Crippen LogP contribution in [0.2, 0.25) is 0 Å². The van der Waals surface area contributed by atoms with E-state index in [0.29, 0.717) is 16.1 Å². The Bertz CT molecular complexity index is 887. The molecule has 0 amide bonds. The maximum Gasteiger partial charge on any atom is 0.350 e. The Hall–Kier alpha value is -2.73. The monoisotopic (exact) mass is 326 g/mol. The lowest BCUT2D eigenvalue weighted by Crippen LogP contribution is -2.14. The number of aromatic nitrogens is 1. The molecule has 23 heavy (non-hydrogen) atoms. The predicted octanol–water partition coefficient (Wildman–Crippen LogP) is 3.23. The molecule has 0 aliphatic heterocycles. The van der Waals surface area contributed by atoms with Crippen molar-refractivity contribution in [3.8, 4) is 0 Å². The number of Topliss-reactive ketones (excluding diaryl/α,β-unsaturated/α-hetero) is 1. The number of pyridine rings is 1. The number of ketones is 1. The third-order valence-corrected chi connectivity index (χ3v) is 4.44. The van der Waals surface area contributed by atoms with Crippen molar-refractivity contribution in [2.75, 3.05) is 12.3 Å². The fourth-order valence-electron chi connectivity index (χ4n) is 2.15. The lowest BCUT2D eigenvalue weighted by molar-refractivity contribution is 0.0480. The zero-order valence-electron chi connectivity index (χ0n) is 12.4. The summed E-state index contributed by atoms with van der Waals surface area (Å²) in [6.45, 7) is 1.55. The first-order valence-corrected chi connectivity index (χ1v) is 7.79. The molecule has 0 aliphatic carbocycles. The summed E-state index contributed by atoms with van der Waals surface area (Å²) >= 11 is 1.17. The molecule has 0 saturated heterocycles. The van der Waals surface area contributed by atoms with Crippen molar-refractivity contribution < 1.29 is 14.3 Å². The Morgan fingerprint density at radius 3 is 2.65 bits per heavy atom. The number of fused-ring (bicyclic) bond motifs is 1. The minimum absolute atomic E-state index is 0.257. The molecule has 1 aromatic carbocycles. The molecule has 0 bridgehead atoms. The molecule has 0 radical (unpaired) electrons. The third kappa shape index (κ3) is 3.07. The van der Waals surface area contributed by atoms with Crippen LogP contribution in [-0.4, -0.2) is 23.3 Å². The number of ether oxygens (including phenoxy) is 1. The number of nitrogens with two attached hydrogens (primary N) is 1. The van der Waals surface area contributed by atoms with Gasteiger partial charge in [-0.25, -0.2) is 9.78 Å². The summed E-state index contributed by atoms with van der Waals surface area (Å²) in [7, 11) is 0. The highest BCUT2D eigenvalue weighted by molar-refractivity contribution is 7.21. The summed E-state index contributed by atoms with van der Waals surface area (Å²) in [5.41, 5.74) is 7.68. The van der Waals surface area contributed by atoms with Crippen LogP contribution in [0, 0.1) is 6.92 Å². The number of anilines is 1. The topological polar surface area (TPSA) is 82.3 Å². The lowest BCUT2D eigenvalue weighted by atomic mass is 10.1. The van der Waals surface area contributed by atoms with Crippen LogP contribution >= 0.6 is 11.3 Å². The summed E-state index contributed by atoms with van der Waals surface area (Å²) < 4.78 is 5.10. The van der Waals surface area contributed by atoms with Gasteiger partial charge >= 0.3 is 5.97 Å². The van der Waals surface area contributed by atoms with Crippen LogP contribution in [0.3, 0.4) is 0 Å². The SMILES string of the molecule is Cc1ccc2c(N)c(C(=O)OCC(=O)c3ccccc3)sc2n1. The van der Waals surface area contributed by atoms with E-state index in [0.717, 1.165) is 11.1 Å². The Morgan fingerprint density at radius 2 is 1.91 bits per heavy atom. The van der Waals surface area contributed by atoms with Crippen molar-refractivity contribution in [2.45, 2.75) is 6.92 Å². The first kappa shape index (κ1) is 15.2. The van der Waals surface area contributed by atoms with Gasteiger partial charge < -0.3 is 10.5 Å². The molecule has 0 atom stereocenters. The van der Waals surface area contributed by atoms with Crippen LogP contribution in [0.1, 0.15) is 25.7 Å². The van der Waals surface area contributed by atoms with E-state index in [1.54, 1.807) is 24.3 Å². The summed E-state index contributed by atoms with van der Waals surface area (Å²) in [6.07, 6.45) is 0. The van der Waals surface area contributed by atoms with Gasteiger partial charge in [0.25, 0.3) is 0 Å². The van der Waals surface area contributed by atoms with E-state index in [1.807, 2.05) is 25.1 Å². The number of hydrogen-bond donors (Lipinski definition) is 1. The zero-order chi connectivity index (χ0) is 16.4. The molecule has 116 valence electrons. The number of hydrogen-bond acceptors (Lipinski definition) is 6. The van der Waals surface area contributed by atoms with Gasteiger partial charge in [0, 0.05) is 16.6 Å². The normalized spacial score (nSPS) is 10.7. The minimum Gasteiger partial charge on any atom is -0.453 e. The van der Waals surface area contributed by atoms with E-state index in [1.165, 1.54) is 11.3 Å². The highest BCUT2D eigenvalue weighted by Crippen LogP contribution is 2.32. The minimum atomic E-state index is -0.604. The Morgan fingerprint density at radius 1 is 1.17 bits per heavy atom. The highest BCUT2D eigenvalue weighted by Gasteiger charge is 2.19. The number of rotatable bonds is 4. The number of esters is 1. The standard InChI is InChI=1S/C17H14N2O3S/c1-10-7-8-12-14(18)15(23-16(12)19-10)17(21)22-9-13(20)11-5-3-2-4-6-11/h2-8H,9,18H2,1H3. The van der Waals surface area contributed by atoms with Crippen LogP contribution in [0.4, 0.5) is 5.69 Å². The van der Waals surface area contributed by atoms with Gasteiger partial charge in [0.2, 0.25) is 0 Å². The molecule has 0 spiro atoms. The van der Waals surface area contributed by atoms with E-state index in [4.69, 9.17) is 10.5 Å². The van der Waals surface area contributed by atoms with Gasteiger partial charge in [-0.3, -0.25) is 4.79 Å². The molecule has 2 heterocycles. The second-order valence-corrected chi connectivity index (χ2v) is 6.01. The molecule has 2 aromatic heterocycles. The van der Waals surface area contributed by atoms with Crippen molar-refractivity contribution in [3.05, 3.63) is 58.6 Å². The van der Waals surface area contributed by atoms with Crippen molar-refractivity contribution >= 4 is 39.0 Å². The molecule has 0 fully saturated rings. The van der Waals surface area contributed by atoms with Crippen LogP contribution in [0.25, 0.3) is 10.2 Å². The molecular formula is C17H14N2O3S. The summed E-state index contributed by atoms with van der Waals surface area (Å²) in [4.78, 5) is 29.5. The van der Waals surface area contributed by atoms with E-state index in [9.17, 15) is 9.59 Å². The van der Waals surface area contributed by atoms with E-state index in [-0.39, 0.29) is 17.3 Å². The summed E-state index contributed by atoms with van der Waals surface area (Å²) in [6, 6.07) is 12.3. The molecule has 6 heteroatoms. The number of carbonyl (C=O) groups is 2. The smallest absolute Gasteiger partial charge is 0.350 e. The Kier molecular flexibility index (Phi) is 4.08. The second kappa shape index (κ2) is 6.18. The number of nitrogen functional groups attached to an aromatic ring is 1. The number of benzene rings is 1. The first-order valence-electron chi connectivity index (χ1n) is 6.97. The maximum atomic E-state index is 12.2. The molecule has 0 aliphatic rings. The average molecular weight is 326 g/mol. The number of aryl methyl sites for hydroxylation is 1. The second-order valence-electron chi connectivity index (χ2n) is 5.02. The van der Waals surface area contributed by atoms with E-state index < -0.39 is 5.97 Å². The molecular weight excluding hydrogens is 312 g/mol. The number of thiophene rings is 1. The van der Waals surface area contributed by atoms with Crippen molar-refractivity contribution in [1.29, 1.82) is 0 Å². The number of carbonyl (C=O) groups excluding carboxylic acids is 2. The highest BCUT2D eigenvalue weighted by atomic mass is 32.1. The molecule has 3 rings (SSSR count). The van der Waals surface area contributed by atoms with Gasteiger partial charge in [0.05, 0.1) is 5.69 Å². The Labute approximate surface area is 136 Å². The third-order valence-electron chi connectivity index (χ3n) is 3.35. The van der Waals surface area contributed by atoms with Crippen LogP contribution in [0.5, 0.6) is 0 Å². The Balaban J connectivity index is 1.76. The molecule has 5 nitrogen and oxygen atoms in total. The first-order chi connectivity index (χ1) is 11.1. The van der Waals surface area contributed by atoms with Gasteiger partial charge in [-0.2, -0.15) is 0 Å². The largest absolute Gasteiger partial charge is 0.453 e. The summed E-state index contributed by atoms with van der Waals surface area (Å²) in [5.74, 6) is -0.861. The van der Waals surface area contributed by atoms with Crippen molar-refractivity contribution in [2.24, 2.45) is 0 Å². The maximum absolute atomic E-state index is 12.2. The molecule has 2 N–H and O–H groups in total. The van der Waals surface area contributed by atoms with Gasteiger partial charge in [0.15, 0.2) is 12.4 Å². The fourth-order valence-corrected chi connectivity index (χ4v) is 3.18. The fraction of sp³-hybridized carbons (Fsp3) is 0.118. The van der Waals surface area contributed by atoms with E-state index >= 15 is 0 Å². The van der Waals surface area contributed by atoms with Crippen molar-refractivity contribution in [3.63, 3.8) is 0 Å². The molecule has 0 unspecified atom stereocenters. The quantitative estimate of drug-likeness (QED) is 0.588. The van der Waals surface area contributed by atoms with Crippen LogP contribution < -0.4 is 5.73 Å². The van der Waals surface area contributed by atoms with Gasteiger partial charge in [-0.05, 0) is 19.1 Å². The van der Waals surface area contributed by atoms with Gasteiger partial charge in [-0.1, -0.05) is 30.3 Å². The van der Waals surface area contributed by atoms with Crippen molar-refractivity contribution in [1.82, 2.24) is 4.98 Å². The zero-order valence-corrected chi connectivity index (χ0v) is 13.2. The predicted molar refractivity (Wildman–Crippen MR) is 89.8 cm³/mol.